The molecule has 0 radical (unpaired) electrons. The van der Waals surface area contributed by atoms with E-state index in [2.05, 4.69) is 54.5 Å². The second-order valence-electron chi connectivity index (χ2n) is 15.0. The fourth-order valence-electron chi connectivity index (χ4n) is 10.3. The van der Waals surface area contributed by atoms with Crippen LogP contribution in [-0.2, 0) is 9.59 Å². The number of carboxylic acids is 1. The Balaban J connectivity index is 1.64. The maximum absolute atomic E-state index is 14.3. The topological polar surface area (TPSA) is 94.8 Å². The first-order chi connectivity index (χ1) is 16.0. The molecule has 0 amide bonds. The van der Waals surface area contributed by atoms with Gasteiger partial charge < -0.3 is 15.3 Å². The molecule has 9 unspecified atom stereocenters. The number of carbonyl (C=O) groups excluding carboxylic acids is 1. The van der Waals surface area contributed by atoms with E-state index in [1.807, 2.05) is 0 Å². The van der Waals surface area contributed by atoms with E-state index in [0.29, 0.717) is 31.5 Å². The zero-order valence-corrected chi connectivity index (χ0v) is 22.8. The van der Waals surface area contributed by atoms with Crippen LogP contribution >= 0.6 is 0 Å². The van der Waals surface area contributed by atoms with Crippen LogP contribution < -0.4 is 0 Å². The highest BCUT2D eigenvalue weighted by Gasteiger charge is 2.72. The van der Waals surface area contributed by atoms with Crippen LogP contribution in [0.15, 0.2) is 11.6 Å². The number of carbonyl (C=O) groups is 2. The minimum atomic E-state index is -0.954. The van der Waals surface area contributed by atoms with Gasteiger partial charge in [-0.15, -0.1) is 0 Å². The highest BCUT2D eigenvalue weighted by atomic mass is 16.4. The van der Waals surface area contributed by atoms with Crippen LogP contribution in [0.3, 0.4) is 0 Å². The van der Waals surface area contributed by atoms with Gasteiger partial charge >= 0.3 is 5.97 Å². The molecule has 0 aromatic rings. The monoisotopic (exact) mass is 486 g/mol. The molecule has 0 spiro atoms. The number of fused-ring (bicyclic) bond motifs is 7. The molecule has 0 saturated heterocycles. The Labute approximate surface area is 210 Å². The summed E-state index contributed by atoms with van der Waals surface area (Å²) < 4.78 is 0. The van der Waals surface area contributed by atoms with Crippen LogP contribution in [0, 0.1) is 50.2 Å². The molecule has 5 heteroatoms. The number of allylic oxidation sites excluding steroid dienone is 2. The molecule has 9 atom stereocenters. The lowest BCUT2D eigenvalue weighted by molar-refractivity contribution is -0.206. The van der Waals surface area contributed by atoms with Gasteiger partial charge in [0.25, 0.3) is 0 Å². The van der Waals surface area contributed by atoms with Crippen molar-refractivity contribution in [2.24, 2.45) is 50.2 Å². The quantitative estimate of drug-likeness (QED) is 0.432. The molecule has 0 aromatic heterocycles. The van der Waals surface area contributed by atoms with Crippen LogP contribution in [0.5, 0.6) is 0 Å². The number of hydrogen-bond donors (Lipinski definition) is 3. The van der Waals surface area contributed by atoms with Gasteiger partial charge in [-0.25, -0.2) is 0 Å². The summed E-state index contributed by atoms with van der Waals surface area (Å²) >= 11 is 0. The maximum atomic E-state index is 14.3. The summed E-state index contributed by atoms with van der Waals surface area (Å²) in [5.74, 6) is -0.317. The first-order valence-corrected chi connectivity index (χ1v) is 13.8. The largest absolute Gasteiger partial charge is 0.481 e. The molecule has 0 heterocycles. The fraction of sp³-hybridized carbons (Fsp3) is 0.867. The third-order valence-corrected chi connectivity index (χ3v) is 13.1. The lowest BCUT2D eigenvalue weighted by Crippen LogP contribution is -2.68. The Morgan fingerprint density at radius 3 is 2.20 bits per heavy atom. The number of aliphatic carboxylic acids is 1. The van der Waals surface area contributed by atoms with E-state index in [-0.39, 0.29) is 51.9 Å². The third-order valence-electron chi connectivity index (χ3n) is 13.1. The van der Waals surface area contributed by atoms with E-state index in [1.54, 1.807) is 0 Å². The van der Waals surface area contributed by atoms with Crippen molar-refractivity contribution in [1.82, 2.24) is 0 Å². The normalized spacial score (nSPS) is 52.3. The second kappa shape index (κ2) is 7.22. The molecule has 5 aliphatic rings. The van der Waals surface area contributed by atoms with Crippen LogP contribution in [0.25, 0.3) is 0 Å². The average Bonchev–Trinajstić information content (AvgIpc) is 2.75. The predicted octanol–water partition coefficient (Wildman–Crippen LogP) is 5.38. The van der Waals surface area contributed by atoms with Gasteiger partial charge in [-0.05, 0) is 78.9 Å². The van der Waals surface area contributed by atoms with Gasteiger partial charge in [0.15, 0.2) is 0 Å². The minimum absolute atomic E-state index is 0.0419. The Hall–Kier alpha value is -1.20. The molecule has 0 aliphatic heterocycles. The zero-order valence-electron chi connectivity index (χ0n) is 22.8. The van der Waals surface area contributed by atoms with E-state index in [4.69, 9.17) is 0 Å². The zero-order chi connectivity index (χ0) is 26.0. The Morgan fingerprint density at radius 1 is 0.914 bits per heavy atom. The predicted molar refractivity (Wildman–Crippen MR) is 134 cm³/mol. The molecule has 5 nitrogen and oxygen atoms in total. The molecular formula is C30H46O5. The van der Waals surface area contributed by atoms with Crippen molar-refractivity contribution in [1.29, 1.82) is 0 Å². The van der Waals surface area contributed by atoms with Crippen molar-refractivity contribution in [2.45, 2.75) is 112 Å². The summed E-state index contributed by atoms with van der Waals surface area (Å²) in [5.41, 5.74) is -1.42. The van der Waals surface area contributed by atoms with Gasteiger partial charge in [-0.3, -0.25) is 9.59 Å². The highest BCUT2D eigenvalue weighted by molar-refractivity contribution is 5.89. The number of hydrogen-bond acceptors (Lipinski definition) is 4. The Bertz CT molecular complexity index is 995. The van der Waals surface area contributed by atoms with Gasteiger partial charge in [0.1, 0.15) is 5.78 Å². The van der Waals surface area contributed by atoms with Crippen LogP contribution in [0.4, 0.5) is 0 Å². The summed E-state index contributed by atoms with van der Waals surface area (Å²) in [5, 5.41) is 32.2. The number of carboxylic acid groups (broad SMARTS) is 1. The average molecular weight is 487 g/mol. The maximum Gasteiger partial charge on any atom is 0.310 e. The third kappa shape index (κ3) is 2.89. The van der Waals surface area contributed by atoms with Crippen molar-refractivity contribution in [3.05, 3.63) is 11.6 Å². The van der Waals surface area contributed by atoms with E-state index >= 15 is 0 Å². The van der Waals surface area contributed by atoms with E-state index in [1.165, 1.54) is 5.57 Å². The van der Waals surface area contributed by atoms with Crippen molar-refractivity contribution in [3.8, 4) is 0 Å². The molecule has 0 bridgehead atoms. The van der Waals surface area contributed by atoms with Crippen molar-refractivity contribution in [3.63, 3.8) is 0 Å². The fourth-order valence-corrected chi connectivity index (χ4v) is 10.3. The lowest BCUT2D eigenvalue weighted by atomic mass is 9.33. The first-order valence-electron chi connectivity index (χ1n) is 13.8. The smallest absolute Gasteiger partial charge is 0.310 e. The highest BCUT2D eigenvalue weighted by Crippen LogP contribution is 2.74. The summed E-state index contributed by atoms with van der Waals surface area (Å²) in [6.07, 6.45) is 6.39. The number of aliphatic hydroxyl groups excluding tert-OH is 2. The lowest BCUT2D eigenvalue weighted by Gasteiger charge is -2.70. The molecule has 0 aromatic carbocycles. The summed E-state index contributed by atoms with van der Waals surface area (Å²) in [4.78, 5) is 27.1. The molecule has 4 saturated carbocycles. The van der Waals surface area contributed by atoms with Crippen LogP contribution in [-0.4, -0.2) is 39.3 Å². The van der Waals surface area contributed by atoms with Gasteiger partial charge in [0.2, 0.25) is 0 Å². The minimum Gasteiger partial charge on any atom is -0.481 e. The molecular weight excluding hydrogens is 440 g/mol. The molecule has 35 heavy (non-hydrogen) atoms. The SMILES string of the molecule is CC1(C)CC2C3=CCC4C5(C)CCC(O)C(C)(C)C5CC(=O)C4(C)C3(C)CCC2(C(=O)O)CC1O. The number of rotatable bonds is 1. The van der Waals surface area contributed by atoms with Gasteiger partial charge in [0.05, 0.1) is 17.6 Å². The van der Waals surface area contributed by atoms with Crippen molar-refractivity contribution in [2.75, 3.05) is 0 Å². The van der Waals surface area contributed by atoms with Gasteiger partial charge in [-0.1, -0.05) is 60.1 Å². The summed E-state index contributed by atoms with van der Waals surface area (Å²) in [6, 6.07) is 0. The molecule has 196 valence electrons. The Morgan fingerprint density at radius 2 is 1.57 bits per heavy atom. The number of aliphatic hydroxyl groups is 2. The molecule has 5 rings (SSSR count). The molecule has 5 aliphatic carbocycles. The van der Waals surface area contributed by atoms with Crippen molar-refractivity contribution >= 4 is 11.8 Å². The number of Topliss-reactive ketones (excluding diaryl/α,β-unsaturated/α-hetero) is 1. The Kier molecular flexibility index (Phi) is 5.25. The first kappa shape index (κ1) is 25.4. The standard InChI is InChI=1S/C30H46O5/c1-25(2)15-18-17-8-9-19-27(5)11-10-21(31)26(3,4)20(27)14-22(32)29(19,7)28(17,6)12-13-30(18,24(34)35)16-23(25)33/h8,18-21,23,31,33H,9-16H2,1-7H3,(H,34,35). The van der Waals surface area contributed by atoms with E-state index in [9.17, 15) is 24.9 Å². The van der Waals surface area contributed by atoms with Crippen molar-refractivity contribution < 1.29 is 24.9 Å². The molecule has 4 fully saturated rings. The summed E-state index contributed by atoms with van der Waals surface area (Å²) in [6.45, 7) is 15.2. The van der Waals surface area contributed by atoms with Crippen LogP contribution in [0.2, 0.25) is 0 Å². The van der Waals surface area contributed by atoms with Gasteiger partial charge in [-0.2, -0.15) is 0 Å². The number of ketones is 1. The van der Waals surface area contributed by atoms with Gasteiger partial charge in [0, 0.05) is 17.3 Å². The molecule has 3 N–H and O–H groups in total. The van der Waals surface area contributed by atoms with E-state index in [0.717, 1.165) is 19.3 Å². The van der Waals surface area contributed by atoms with Crippen LogP contribution in [0.1, 0.15) is 99.8 Å². The van der Waals surface area contributed by atoms with E-state index < -0.39 is 22.9 Å². The summed E-state index contributed by atoms with van der Waals surface area (Å²) in [7, 11) is 0. The second-order valence-corrected chi connectivity index (χ2v) is 15.0.